The molecular formula is C24H26N4NaO10. The van der Waals surface area contributed by atoms with E-state index < -0.39 is 54.1 Å². The third kappa shape index (κ3) is 7.25. The predicted molar refractivity (Wildman–Crippen MR) is 133 cm³/mol. The molecule has 0 saturated carbocycles. The van der Waals surface area contributed by atoms with E-state index in [1.165, 1.54) is 48.5 Å². The summed E-state index contributed by atoms with van der Waals surface area (Å²) >= 11 is 0. The molecule has 1 fully saturated rings. The molecule has 1 saturated heterocycles. The van der Waals surface area contributed by atoms with Crippen LogP contribution in [0.2, 0.25) is 0 Å². The number of carboxylic acid groups (broad SMARTS) is 2. The number of aliphatic carboxylic acids is 2. The number of aromatic hydroxyl groups is 1. The van der Waals surface area contributed by atoms with Crippen LogP contribution in [0.25, 0.3) is 0 Å². The number of carboxylic acids is 2. The molecule has 15 heteroatoms. The van der Waals surface area contributed by atoms with E-state index in [2.05, 4.69) is 10.6 Å². The number of hydrogen-bond donors (Lipinski definition) is 7. The first-order chi connectivity index (χ1) is 18.0. The summed E-state index contributed by atoms with van der Waals surface area (Å²) in [5.74, 6) is -4.27. The Labute approximate surface area is 244 Å². The Kier molecular flexibility index (Phi) is 10.8. The number of hydrogen-bond acceptors (Lipinski definition) is 9. The number of likely N-dealkylation sites (tertiary alicyclic amines) is 1. The molecule has 2 aromatic carbocycles. The van der Waals surface area contributed by atoms with Crippen LogP contribution in [0.1, 0.15) is 29.7 Å². The van der Waals surface area contributed by atoms with Gasteiger partial charge in [0, 0.05) is 36.0 Å². The summed E-state index contributed by atoms with van der Waals surface area (Å²) in [5.41, 5.74) is 3.73. The number of aliphatic hydroxyl groups is 1. The second kappa shape index (κ2) is 13.4. The number of phenols is 1. The summed E-state index contributed by atoms with van der Waals surface area (Å²) in [6.07, 6.45) is -1.53. The molecule has 1 aliphatic rings. The number of carbonyl (C=O) groups excluding carboxylic acids is 3. The molecule has 0 aromatic heterocycles. The van der Waals surface area contributed by atoms with Crippen molar-refractivity contribution in [1.29, 1.82) is 0 Å². The number of carbonyl (C=O) groups is 5. The van der Waals surface area contributed by atoms with Crippen molar-refractivity contribution in [1.82, 2.24) is 15.5 Å². The Bertz CT molecular complexity index is 1210. The molecule has 1 radical (unpaired) electrons. The van der Waals surface area contributed by atoms with Crippen LogP contribution in [-0.2, 0) is 24.0 Å². The first-order valence-electron chi connectivity index (χ1n) is 11.2. The molecule has 1 aliphatic heterocycles. The van der Waals surface area contributed by atoms with Gasteiger partial charge in [-0.05, 0) is 35.4 Å². The zero-order valence-corrected chi connectivity index (χ0v) is 22.8. The molecule has 8 N–H and O–H groups in total. The smallest absolute Gasteiger partial charge is 0.331 e. The summed E-state index contributed by atoms with van der Waals surface area (Å²) in [5, 5.41) is 42.9. The normalized spacial score (nSPS) is 18.4. The summed E-state index contributed by atoms with van der Waals surface area (Å²) in [6, 6.07) is 8.24. The molecule has 2 aromatic rings. The Morgan fingerprint density at radius 2 is 1.64 bits per heavy atom. The van der Waals surface area contributed by atoms with E-state index in [1.54, 1.807) is 0 Å². The van der Waals surface area contributed by atoms with Crippen LogP contribution in [-0.4, -0.2) is 110 Å². The van der Waals surface area contributed by atoms with E-state index in [0.717, 1.165) is 4.90 Å². The molecule has 0 unspecified atom stereocenters. The van der Waals surface area contributed by atoms with Gasteiger partial charge in [0.2, 0.25) is 12.1 Å². The van der Waals surface area contributed by atoms with Crippen molar-refractivity contribution in [3.05, 3.63) is 59.7 Å². The Hall–Kier alpha value is -3.69. The van der Waals surface area contributed by atoms with Crippen LogP contribution in [0.5, 0.6) is 11.5 Å². The van der Waals surface area contributed by atoms with Crippen molar-refractivity contribution < 1.29 is 49.1 Å². The van der Waals surface area contributed by atoms with Gasteiger partial charge in [-0.3, -0.25) is 19.2 Å². The molecular weight excluding hydrogens is 527 g/mol. The predicted octanol–water partition coefficient (Wildman–Crippen LogP) is -1.55. The molecule has 0 aliphatic carbocycles. The van der Waals surface area contributed by atoms with Crippen molar-refractivity contribution in [2.24, 2.45) is 5.73 Å². The van der Waals surface area contributed by atoms with Crippen LogP contribution < -0.4 is 21.1 Å². The van der Waals surface area contributed by atoms with E-state index in [1.807, 2.05) is 0 Å². The summed E-state index contributed by atoms with van der Waals surface area (Å²) < 4.78 is 5.39. The monoisotopic (exact) mass is 553 g/mol. The van der Waals surface area contributed by atoms with Crippen molar-refractivity contribution in [3.8, 4) is 11.5 Å². The topological polar surface area (TPSA) is 229 Å². The number of phenolic OH excluding ortho intramolecular Hbond substituents is 1. The zero-order valence-electron chi connectivity index (χ0n) is 20.8. The fourth-order valence-electron chi connectivity index (χ4n) is 3.81. The van der Waals surface area contributed by atoms with Crippen LogP contribution in [0.3, 0.4) is 0 Å². The molecule has 4 atom stereocenters. The van der Waals surface area contributed by atoms with Gasteiger partial charge in [0.15, 0.2) is 12.1 Å². The van der Waals surface area contributed by atoms with E-state index in [4.69, 9.17) is 15.6 Å². The van der Waals surface area contributed by atoms with Gasteiger partial charge in [-0.25, -0.2) is 4.79 Å². The number of β-lactam (4-membered cyclic amide) rings is 1. The van der Waals surface area contributed by atoms with Crippen LogP contribution in [0, 0.1) is 0 Å². The number of nitrogens with two attached hydrogens (primary N) is 1. The van der Waals surface area contributed by atoms with Crippen LogP contribution in [0.4, 0.5) is 0 Å². The van der Waals surface area contributed by atoms with Gasteiger partial charge in [-0.1, -0.05) is 24.3 Å². The maximum Gasteiger partial charge on any atom is 0.331 e. The number of aliphatic hydroxyl groups excluding tert-OH is 1. The second-order valence-electron chi connectivity index (χ2n) is 8.48. The van der Waals surface area contributed by atoms with Gasteiger partial charge in [0.25, 0.3) is 11.8 Å². The molecule has 3 amide bonds. The number of nitrogens with zero attached hydrogens (tertiary/aromatic N) is 1. The average Bonchev–Trinajstić information content (AvgIpc) is 2.88. The minimum atomic E-state index is -1.98. The fourth-order valence-corrected chi connectivity index (χ4v) is 3.81. The molecule has 39 heavy (non-hydrogen) atoms. The minimum absolute atomic E-state index is 0. The van der Waals surface area contributed by atoms with Gasteiger partial charge in [-0.15, -0.1) is 0 Å². The third-order valence-corrected chi connectivity index (χ3v) is 5.89. The fraction of sp³-hybridized carbons (Fsp3) is 0.292. The van der Waals surface area contributed by atoms with Gasteiger partial charge >= 0.3 is 11.9 Å². The number of nitrogens with one attached hydrogen (secondary N) is 2. The van der Waals surface area contributed by atoms with E-state index >= 15 is 0 Å². The third-order valence-electron chi connectivity index (χ3n) is 5.89. The first kappa shape index (κ1) is 31.5. The van der Waals surface area contributed by atoms with E-state index in [9.17, 15) is 39.3 Å². The Morgan fingerprint density at radius 3 is 2.15 bits per heavy atom. The Balaban J connectivity index is 0.00000533. The number of ether oxygens (including phenoxy) is 1. The number of amides is 3. The largest absolute Gasteiger partial charge is 0.508 e. The maximum absolute atomic E-state index is 13.0. The molecule has 203 valence electrons. The first-order valence-corrected chi connectivity index (χ1v) is 11.2. The van der Waals surface area contributed by atoms with Gasteiger partial charge in [0.05, 0.1) is 13.2 Å². The Morgan fingerprint density at radius 1 is 1.05 bits per heavy atom. The van der Waals surface area contributed by atoms with Crippen molar-refractivity contribution in [3.63, 3.8) is 0 Å². The summed E-state index contributed by atoms with van der Waals surface area (Å²) in [7, 11) is 0. The summed E-state index contributed by atoms with van der Waals surface area (Å²) in [6.45, 7) is -0.387. The summed E-state index contributed by atoms with van der Waals surface area (Å²) in [4.78, 5) is 60.5. The average molecular weight is 553 g/mol. The minimum Gasteiger partial charge on any atom is -0.508 e. The van der Waals surface area contributed by atoms with Crippen molar-refractivity contribution in [2.75, 3.05) is 13.2 Å². The molecule has 14 nitrogen and oxygen atoms in total. The maximum atomic E-state index is 13.0. The second-order valence-corrected chi connectivity index (χ2v) is 8.48. The molecule has 0 bridgehead atoms. The van der Waals surface area contributed by atoms with Crippen LogP contribution in [0.15, 0.2) is 48.5 Å². The van der Waals surface area contributed by atoms with E-state index in [-0.39, 0.29) is 65.9 Å². The van der Waals surface area contributed by atoms with Crippen molar-refractivity contribution >= 4 is 59.7 Å². The SMILES string of the molecule is N[C@H](CCOc1ccc([C@@H](O)C(=O)N[C@@]2(NC=O)CN([C@@H](C(=O)O)c3ccc(O)cc3)C2=O)cc1)C(=O)O.[Na]. The van der Waals surface area contributed by atoms with E-state index in [0.29, 0.717) is 5.75 Å². The molecule has 1 heterocycles. The number of benzene rings is 2. The zero-order chi connectivity index (χ0) is 28.0. The van der Waals surface area contributed by atoms with Crippen LogP contribution >= 0.6 is 0 Å². The molecule has 0 spiro atoms. The molecule has 3 rings (SSSR count). The van der Waals surface area contributed by atoms with Gasteiger partial charge in [0.1, 0.15) is 17.5 Å². The van der Waals surface area contributed by atoms with Gasteiger partial charge < -0.3 is 46.4 Å². The number of rotatable bonds is 13. The quantitative estimate of drug-likeness (QED) is 0.0650. The standard InChI is InChI=1S/C24H26N4O10.Na/c25-17(21(33)34)9-10-38-16-7-3-14(4-8-16)19(31)20(32)27-24(26-12-29)11-28(23(24)37)18(22(35)36)13-1-5-15(30)6-2-13;/h1-8,12,17-19,30-31H,9-11,25H2,(H,26,29)(H,27,32)(H,33,34)(H,35,36);/t17-,18-,19-,24+;/m1./s1. The van der Waals surface area contributed by atoms with Gasteiger partial charge in [-0.2, -0.15) is 0 Å². The van der Waals surface area contributed by atoms with Crippen molar-refractivity contribution in [2.45, 2.75) is 30.3 Å².